The number of unbranched alkanes of at least 4 members (excludes halogenated alkanes) is 2. The summed E-state index contributed by atoms with van der Waals surface area (Å²) in [5.74, 6) is 0.596. The van der Waals surface area contributed by atoms with Gasteiger partial charge >= 0.3 is 24.1 Å². The average molecular weight is 424 g/mol. The van der Waals surface area contributed by atoms with Crippen LogP contribution in [0.2, 0.25) is 0 Å². The highest BCUT2D eigenvalue weighted by molar-refractivity contribution is 5.16. The van der Waals surface area contributed by atoms with Crippen molar-refractivity contribution in [1.29, 1.82) is 0 Å². The van der Waals surface area contributed by atoms with Crippen molar-refractivity contribution >= 4 is 0 Å². The number of aryl methyl sites for hydroxylation is 2. The number of methoxy groups -OCH3 is 2. The molecule has 0 radical (unpaired) electrons. The van der Waals surface area contributed by atoms with Gasteiger partial charge in [0, 0.05) is 12.8 Å². The lowest BCUT2D eigenvalue weighted by molar-refractivity contribution is -0.706. The normalized spacial score (nSPS) is 12.1. The number of alkyl halides is 6. The van der Waals surface area contributed by atoms with Crippen LogP contribution in [0.4, 0.5) is 26.3 Å². The van der Waals surface area contributed by atoms with E-state index in [1.54, 1.807) is 0 Å². The summed E-state index contributed by atoms with van der Waals surface area (Å²) in [4.78, 5) is 0. The van der Waals surface area contributed by atoms with E-state index in [0.717, 1.165) is 24.5 Å². The molecular formula is C19H22F6N2O2+2. The van der Waals surface area contributed by atoms with Gasteiger partial charge < -0.3 is 9.47 Å². The van der Waals surface area contributed by atoms with Crippen LogP contribution in [0.3, 0.4) is 0 Å². The lowest BCUT2D eigenvalue weighted by Crippen LogP contribution is -2.38. The number of hydrogen-bond acceptors (Lipinski definition) is 2. The molecule has 0 aromatic carbocycles. The van der Waals surface area contributed by atoms with Crippen LogP contribution in [0.5, 0.6) is 11.8 Å². The first-order valence-corrected chi connectivity index (χ1v) is 8.85. The lowest BCUT2D eigenvalue weighted by Gasteiger charge is -2.08. The topological polar surface area (TPSA) is 26.2 Å². The Hall–Kier alpha value is -2.52. The second kappa shape index (κ2) is 9.32. The second-order valence-electron chi connectivity index (χ2n) is 6.36. The molecule has 0 amide bonds. The van der Waals surface area contributed by atoms with E-state index in [0.29, 0.717) is 31.0 Å². The van der Waals surface area contributed by atoms with Crippen molar-refractivity contribution in [3.8, 4) is 11.8 Å². The smallest absolute Gasteiger partial charge is 0.422 e. The van der Waals surface area contributed by atoms with Gasteiger partial charge in [0.15, 0.2) is 25.5 Å². The summed E-state index contributed by atoms with van der Waals surface area (Å²) < 4.78 is 90.2. The highest BCUT2D eigenvalue weighted by Gasteiger charge is 2.35. The first-order chi connectivity index (χ1) is 13.6. The summed E-state index contributed by atoms with van der Waals surface area (Å²) in [5.41, 5.74) is -1.55. The maximum absolute atomic E-state index is 12.9. The third kappa shape index (κ3) is 6.23. The van der Waals surface area contributed by atoms with Crippen LogP contribution in [-0.4, -0.2) is 14.2 Å². The molecule has 2 aromatic heterocycles. The molecule has 2 heterocycles. The van der Waals surface area contributed by atoms with Crippen LogP contribution in [0, 0.1) is 0 Å². The van der Waals surface area contributed by atoms with E-state index < -0.39 is 23.5 Å². The standard InChI is InChI=1S/C19H22F6N2O2/c1-28-16-8-6-14(18(20,21)22)12-26(16)10-4-3-5-11-27-13-15(19(23,24)25)7-9-17(27)29-2/h6-9,12-13H,3-5,10-11H2,1-2H3/q+2. The van der Waals surface area contributed by atoms with E-state index in [1.165, 1.54) is 35.5 Å². The van der Waals surface area contributed by atoms with Crippen molar-refractivity contribution in [1.82, 2.24) is 0 Å². The van der Waals surface area contributed by atoms with Gasteiger partial charge in [0.05, 0.1) is 26.4 Å². The number of halogens is 6. The second-order valence-corrected chi connectivity index (χ2v) is 6.36. The molecule has 0 aliphatic rings. The monoisotopic (exact) mass is 424 g/mol. The molecule has 2 aromatic rings. The van der Waals surface area contributed by atoms with E-state index in [-0.39, 0.29) is 13.1 Å². The van der Waals surface area contributed by atoms with Gasteiger partial charge in [-0.3, -0.25) is 0 Å². The van der Waals surface area contributed by atoms with Crippen molar-refractivity contribution in [3.05, 3.63) is 47.8 Å². The van der Waals surface area contributed by atoms with Crippen LogP contribution in [-0.2, 0) is 25.4 Å². The lowest BCUT2D eigenvalue weighted by atomic mass is 10.2. The Bertz CT molecular complexity index is 754. The Labute approximate surface area is 164 Å². The van der Waals surface area contributed by atoms with Gasteiger partial charge in [0.1, 0.15) is 11.1 Å². The van der Waals surface area contributed by atoms with E-state index in [9.17, 15) is 26.3 Å². The summed E-state index contributed by atoms with van der Waals surface area (Å²) in [6, 6.07) is 4.41. The number of nitrogens with zero attached hydrogens (tertiary/aromatic N) is 2. The summed E-state index contributed by atoms with van der Waals surface area (Å²) in [6.45, 7) is 0.578. The largest absolute Gasteiger partial charge is 0.448 e. The number of ether oxygens (including phenoxy) is 2. The molecule has 0 unspecified atom stereocenters. The first kappa shape index (κ1) is 22.8. The maximum atomic E-state index is 12.9. The van der Waals surface area contributed by atoms with Gasteiger partial charge in [0.25, 0.3) is 0 Å². The molecule has 4 nitrogen and oxygen atoms in total. The predicted molar refractivity (Wildman–Crippen MR) is 90.2 cm³/mol. The van der Waals surface area contributed by atoms with E-state index in [1.807, 2.05) is 0 Å². The Morgan fingerprint density at radius 3 is 1.34 bits per heavy atom. The molecule has 0 saturated carbocycles. The minimum Gasteiger partial charge on any atom is -0.448 e. The molecule has 0 aliphatic carbocycles. The van der Waals surface area contributed by atoms with Crippen LogP contribution >= 0.6 is 0 Å². The molecule has 10 heteroatoms. The highest BCUT2D eigenvalue weighted by Crippen LogP contribution is 2.29. The van der Waals surface area contributed by atoms with E-state index >= 15 is 0 Å². The maximum Gasteiger partial charge on any atom is 0.422 e. The van der Waals surface area contributed by atoms with Crippen molar-refractivity contribution < 1.29 is 45.0 Å². The van der Waals surface area contributed by atoms with Gasteiger partial charge in [-0.1, -0.05) is 0 Å². The Kier molecular flexibility index (Phi) is 7.32. The average Bonchev–Trinajstić information content (AvgIpc) is 2.66. The van der Waals surface area contributed by atoms with Crippen molar-refractivity contribution in [3.63, 3.8) is 0 Å². The predicted octanol–water partition coefficient (Wildman–Crippen LogP) is 4.19. The summed E-state index contributed by atoms with van der Waals surface area (Å²) >= 11 is 0. The highest BCUT2D eigenvalue weighted by atomic mass is 19.4. The zero-order valence-electron chi connectivity index (χ0n) is 16.0. The van der Waals surface area contributed by atoms with Crippen molar-refractivity contribution in [2.45, 2.75) is 44.7 Å². The number of aromatic nitrogens is 2. The van der Waals surface area contributed by atoms with Gasteiger partial charge in [-0.05, 0) is 18.6 Å². The molecule has 0 N–H and O–H groups in total. The fourth-order valence-electron chi connectivity index (χ4n) is 2.86. The van der Waals surface area contributed by atoms with Crippen LogP contribution in [0.15, 0.2) is 36.7 Å². The number of rotatable bonds is 8. The van der Waals surface area contributed by atoms with Gasteiger partial charge in [-0.2, -0.15) is 35.5 Å². The van der Waals surface area contributed by atoms with Gasteiger partial charge in [-0.15, -0.1) is 0 Å². The molecule has 29 heavy (non-hydrogen) atoms. The van der Waals surface area contributed by atoms with Crippen molar-refractivity contribution in [2.75, 3.05) is 14.2 Å². The minimum absolute atomic E-state index is 0.289. The molecule has 0 saturated heterocycles. The summed E-state index contributed by atoms with van der Waals surface area (Å²) in [6.07, 6.45) is -5.27. The Balaban J connectivity index is 1.97. The zero-order valence-corrected chi connectivity index (χ0v) is 16.0. The van der Waals surface area contributed by atoms with E-state index in [2.05, 4.69) is 0 Å². The molecule has 0 fully saturated rings. The van der Waals surface area contributed by atoms with Crippen LogP contribution < -0.4 is 18.6 Å². The minimum atomic E-state index is -4.45. The van der Waals surface area contributed by atoms with Crippen LogP contribution in [0.1, 0.15) is 30.4 Å². The zero-order chi connectivity index (χ0) is 21.7. The number of pyridine rings is 2. The fraction of sp³-hybridized carbons (Fsp3) is 0.474. The molecular weight excluding hydrogens is 402 g/mol. The SMILES string of the molecule is COc1ccc(C(F)(F)F)c[n+]1CCCCC[n+]1cc(C(F)(F)F)ccc1OC. The quantitative estimate of drug-likeness (QED) is 0.361. The third-order valence-corrected chi connectivity index (χ3v) is 4.34. The Morgan fingerprint density at radius 2 is 1.03 bits per heavy atom. The van der Waals surface area contributed by atoms with Crippen molar-refractivity contribution in [2.24, 2.45) is 0 Å². The summed E-state index contributed by atoms with van der Waals surface area (Å²) in [7, 11) is 2.74. The Morgan fingerprint density at radius 1 is 0.655 bits per heavy atom. The first-order valence-electron chi connectivity index (χ1n) is 8.85. The fourth-order valence-corrected chi connectivity index (χ4v) is 2.86. The van der Waals surface area contributed by atoms with Gasteiger partial charge in [0.2, 0.25) is 0 Å². The summed E-state index contributed by atoms with van der Waals surface area (Å²) in [5, 5.41) is 0. The third-order valence-electron chi connectivity index (χ3n) is 4.34. The molecule has 0 atom stereocenters. The number of hydrogen-bond donors (Lipinski definition) is 0. The molecule has 0 aliphatic heterocycles. The van der Waals surface area contributed by atoms with E-state index in [4.69, 9.17) is 9.47 Å². The molecule has 0 bridgehead atoms. The molecule has 160 valence electrons. The van der Waals surface area contributed by atoms with Gasteiger partial charge in [-0.25, -0.2) is 0 Å². The van der Waals surface area contributed by atoms with Crippen LogP contribution in [0.25, 0.3) is 0 Å². The molecule has 2 rings (SSSR count). The molecule has 0 spiro atoms.